The average Bonchev–Trinajstić information content (AvgIpc) is 3.15. The van der Waals surface area contributed by atoms with Crippen molar-refractivity contribution in [3.05, 3.63) is 23.8 Å². The fraction of sp³-hybridized carbons (Fsp3) is 0.619. The first-order valence-electron chi connectivity index (χ1n) is 10.0. The van der Waals surface area contributed by atoms with Gasteiger partial charge in [0, 0.05) is 44.0 Å². The minimum Gasteiger partial charge on any atom is -0.371 e. The Bertz CT molecular complexity index is 645. The minimum atomic E-state index is 0.00490. The van der Waals surface area contributed by atoms with Crippen molar-refractivity contribution in [1.29, 1.82) is 0 Å². The van der Waals surface area contributed by atoms with E-state index in [4.69, 9.17) is 0 Å². The highest BCUT2D eigenvalue weighted by atomic mass is 16.2. The van der Waals surface area contributed by atoms with Gasteiger partial charge < -0.3 is 15.1 Å². The Balaban J connectivity index is 1.85. The third-order valence-electron chi connectivity index (χ3n) is 5.19. The zero-order valence-corrected chi connectivity index (χ0v) is 16.1. The van der Waals surface area contributed by atoms with E-state index in [9.17, 15) is 9.59 Å². The molecule has 0 aliphatic carbocycles. The molecule has 2 fully saturated rings. The van der Waals surface area contributed by atoms with E-state index in [1.54, 1.807) is 0 Å². The van der Waals surface area contributed by atoms with E-state index in [-0.39, 0.29) is 11.8 Å². The van der Waals surface area contributed by atoms with Crippen LogP contribution in [0.15, 0.2) is 18.2 Å². The second kappa shape index (κ2) is 8.56. The molecular formula is C21H31N3O2. The van der Waals surface area contributed by atoms with Crippen LogP contribution in [-0.2, 0) is 4.79 Å². The minimum absolute atomic E-state index is 0.00490. The molecule has 1 N–H and O–H groups in total. The molecule has 0 bridgehead atoms. The molecule has 0 saturated carbocycles. The Kier molecular flexibility index (Phi) is 6.17. The summed E-state index contributed by atoms with van der Waals surface area (Å²) in [6.45, 7) is 7.73. The van der Waals surface area contributed by atoms with Crippen molar-refractivity contribution in [1.82, 2.24) is 4.90 Å². The molecule has 0 aromatic heterocycles. The molecule has 3 rings (SSSR count). The molecule has 1 aromatic carbocycles. The quantitative estimate of drug-likeness (QED) is 0.869. The van der Waals surface area contributed by atoms with Gasteiger partial charge in [0.15, 0.2) is 0 Å². The van der Waals surface area contributed by atoms with E-state index in [0.717, 1.165) is 56.0 Å². The van der Waals surface area contributed by atoms with Gasteiger partial charge in [-0.2, -0.15) is 0 Å². The van der Waals surface area contributed by atoms with Gasteiger partial charge in [0.1, 0.15) is 0 Å². The number of benzene rings is 1. The number of piperidine rings is 1. The summed E-state index contributed by atoms with van der Waals surface area (Å²) in [7, 11) is 0. The van der Waals surface area contributed by atoms with E-state index < -0.39 is 0 Å². The van der Waals surface area contributed by atoms with Gasteiger partial charge in [-0.1, -0.05) is 13.8 Å². The molecule has 1 aromatic rings. The zero-order chi connectivity index (χ0) is 18.5. The van der Waals surface area contributed by atoms with Gasteiger partial charge >= 0.3 is 0 Å². The summed E-state index contributed by atoms with van der Waals surface area (Å²) < 4.78 is 0. The fourth-order valence-electron chi connectivity index (χ4n) is 3.87. The van der Waals surface area contributed by atoms with Gasteiger partial charge in [0.2, 0.25) is 5.91 Å². The number of anilines is 2. The number of carbonyl (C=O) groups is 2. The van der Waals surface area contributed by atoms with E-state index >= 15 is 0 Å². The summed E-state index contributed by atoms with van der Waals surface area (Å²) in [5, 5.41) is 2.96. The number of nitrogens with one attached hydrogen (secondary N) is 1. The molecule has 2 aliphatic heterocycles. The normalized spacial score (nSPS) is 17.7. The van der Waals surface area contributed by atoms with E-state index in [1.165, 1.54) is 19.3 Å². The molecule has 5 heteroatoms. The molecule has 26 heavy (non-hydrogen) atoms. The third kappa shape index (κ3) is 4.57. The summed E-state index contributed by atoms with van der Waals surface area (Å²) >= 11 is 0. The van der Waals surface area contributed by atoms with Gasteiger partial charge in [-0.05, 0) is 56.2 Å². The predicted octanol–water partition coefficient (Wildman–Crippen LogP) is 3.90. The fourth-order valence-corrected chi connectivity index (χ4v) is 3.87. The summed E-state index contributed by atoms with van der Waals surface area (Å²) in [5.41, 5.74) is 2.47. The predicted molar refractivity (Wildman–Crippen MR) is 106 cm³/mol. The van der Waals surface area contributed by atoms with Crippen LogP contribution in [0.2, 0.25) is 0 Å². The van der Waals surface area contributed by atoms with Crippen LogP contribution in [0.25, 0.3) is 0 Å². The third-order valence-corrected chi connectivity index (χ3v) is 5.19. The largest absolute Gasteiger partial charge is 0.371 e. The van der Waals surface area contributed by atoms with Gasteiger partial charge in [0.25, 0.3) is 5.91 Å². The highest BCUT2D eigenvalue weighted by Gasteiger charge is 2.25. The second-order valence-corrected chi connectivity index (χ2v) is 7.93. The van der Waals surface area contributed by atoms with Crippen LogP contribution in [0.5, 0.6) is 0 Å². The first kappa shape index (κ1) is 18.7. The molecule has 0 unspecified atom stereocenters. The van der Waals surface area contributed by atoms with E-state index in [1.807, 2.05) is 36.9 Å². The Morgan fingerprint density at radius 2 is 1.65 bits per heavy atom. The molecule has 0 radical (unpaired) electrons. The zero-order valence-electron chi connectivity index (χ0n) is 16.1. The van der Waals surface area contributed by atoms with Gasteiger partial charge in [-0.3, -0.25) is 9.59 Å². The summed E-state index contributed by atoms with van der Waals surface area (Å²) in [6, 6.07) is 5.82. The molecule has 2 saturated heterocycles. The topological polar surface area (TPSA) is 52.7 Å². The number of carbonyl (C=O) groups excluding carboxylic acids is 2. The first-order chi connectivity index (χ1) is 12.5. The maximum absolute atomic E-state index is 13.1. The molecule has 2 heterocycles. The lowest BCUT2D eigenvalue weighted by Gasteiger charge is -2.31. The Morgan fingerprint density at radius 1 is 1.00 bits per heavy atom. The van der Waals surface area contributed by atoms with E-state index in [2.05, 4.69) is 10.2 Å². The van der Waals surface area contributed by atoms with Crippen molar-refractivity contribution in [3.63, 3.8) is 0 Å². The maximum atomic E-state index is 13.1. The lowest BCUT2D eigenvalue weighted by Crippen LogP contribution is -2.34. The number of hydrogen-bond acceptors (Lipinski definition) is 3. The molecule has 0 atom stereocenters. The van der Waals surface area contributed by atoms with E-state index in [0.29, 0.717) is 12.3 Å². The number of nitrogens with zero attached hydrogens (tertiary/aromatic N) is 2. The van der Waals surface area contributed by atoms with Gasteiger partial charge in [-0.25, -0.2) is 0 Å². The van der Waals surface area contributed by atoms with Crippen molar-refractivity contribution in [2.75, 3.05) is 36.4 Å². The molecule has 0 spiro atoms. The van der Waals surface area contributed by atoms with Crippen LogP contribution in [0.3, 0.4) is 0 Å². The van der Waals surface area contributed by atoms with Gasteiger partial charge in [0.05, 0.1) is 5.56 Å². The Labute approximate surface area is 156 Å². The molecule has 142 valence electrons. The number of likely N-dealkylation sites (tertiary alicyclic amines) is 1. The SMILES string of the molecule is CC(C)CC(=O)Nc1ccc(N2CCCCC2)c(C(=O)N2CCCC2)c1. The van der Waals surface area contributed by atoms with Gasteiger partial charge in [-0.15, -0.1) is 0 Å². The second-order valence-electron chi connectivity index (χ2n) is 7.93. The van der Waals surface area contributed by atoms with Crippen molar-refractivity contribution in [3.8, 4) is 0 Å². The monoisotopic (exact) mass is 357 g/mol. The summed E-state index contributed by atoms with van der Waals surface area (Å²) in [5.74, 6) is 0.418. The van der Waals surface area contributed by atoms with Crippen LogP contribution < -0.4 is 10.2 Å². The first-order valence-corrected chi connectivity index (χ1v) is 10.0. The highest BCUT2D eigenvalue weighted by Crippen LogP contribution is 2.29. The maximum Gasteiger partial charge on any atom is 0.256 e. The smallest absolute Gasteiger partial charge is 0.256 e. The Morgan fingerprint density at radius 3 is 2.31 bits per heavy atom. The standard InChI is InChI=1S/C21H31N3O2/c1-16(2)14-20(25)22-17-8-9-19(23-10-4-3-5-11-23)18(15-17)21(26)24-12-6-7-13-24/h8-9,15-16H,3-7,10-14H2,1-2H3,(H,22,25). The molecule has 2 aliphatic rings. The highest BCUT2D eigenvalue weighted by molar-refractivity contribution is 6.02. The van der Waals surface area contributed by atoms with Crippen LogP contribution in [-0.4, -0.2) is 42.9 Å². The number of amides is 2. The molecular weight excluding hydrogens is 326 g/mol. The molecule has 5 nitrogen and oxygen atoms in total. The summed E-state index contributed by atoms with van der Waals surface area (Å²) in [4.78, 5) is 29.5. The van der Waals surface area contributed by atoms with Crippen molar-refractivity contribution >= 4 is 23.2 Å². The summed E-state index contributed by atoms with van der Waals surface area (Å²) in [6.07, 6.45) is 6.25. The van der Waals surface area contributed by atoms with Crippen LogP contribution in [0.1, 0.15) is 62.7 Å². The lowest BCUT2D eigenvalue weighted by atomic mass is 10.0. The van der Waals surface area contributed by atoms with Crippen LogP contribution in [0, 0.1) is 5.92 Å². The van der Waals surface area contributed by atoms with Crippen molar-refractivity contribution < 1.29 is 9.59 Å². The van der Waals surface area contributed by atoms with Crippen molar-refractivity contribution in [2.45, 2.75) is 52.4 Å². The number of hydrogen-bond donors (Lipinski definition) is 1. The Hall–Kier alpha value is -2.04. The van der Waals surface area contributed by atoms with Crippen molar-refractivity contribution in [2.24, 2.45) is 5.92 Å². The number of rotatable bonds is 5. The van der Waals surface area contributed by atoms with Crippen LogP contribution >= 0.6 is 0 Å². The van der Waals surface area contributed by atoms with Crippen LogP contribution in [0.4, 0.5) is 11.4 Å². The lowest BCUT2D eigenvalue weighted by molar-refractivity contribution is -0.116. The molecule has 2 amide bonds. The average molecular weight is 357 g/mol.